The third kappa shape index (κ3) is 3.86. The van der Waals surface area contributed by atoms with Crippen molar-refractivity contribution in [3.05, 3.63) is 64.2 Å². The number of nitrogens with one attached hydrogen (secondary N) is 1. The molecule has 1 heterocycles. The van der Waals surface area contributed by atoms with E-state index >= 15 is 0 Å². The Hall–Kier alpha value is -3.02. The van der Waals surface area contributed by atoms with E-state index < -0.39 is 0 Å². The lowest BCUT2D eigenvalue weighted by Gasteiger charge is -2.26. The van der Waals surface area contributed by atoms with Gasteiger partial charge in [-0.2, -0.15) is 0 Å². The molecule has 0 saturated carbocycles. The molecule has 6 heteroatoms. The highest BCUT2D eigenvalue weighted by Gasteiger charge is 2.36. The van der Waals surface area contributed by atoms with Gasteiger partial charge in [-0.1, -0.05) is 49.3 Å². The number of carbonyl (C=O) groups is 2. The van der Waals surface area contributed by atoms with Crippen LogP contribution in [0.4, 0.5) is 0 Å². The van der Waals surface area contributed by atoms with Crippen molar-refractivity contribution in [2.75, 3.05) is 0 Å². The largest absolute Gasteiger partial charge is 0.511 e. The number of aromatic nitrogens is 1. The first-order valence-corrected chi connectivity index (χ1v) is 10.3. The summed E-state index contributed by atoms with van der Waals surface area (Å²) in [6, 6.07) is 9.65. The lowest BCUT2D eigenvalue weighted by atomic mass is 9.75. The second kappa shape index (κ2) is 7.67. The summed E-state index contributed by atoms with van der Waals surface area (Å²) in [5, 5.41) is 23.0. The van der Waals surface area contributed by atoms with Crippen molar-refractivity contribution in [3.8, 4) is 0 Å². The van der Waals surface area contributed by atoms with E-state index in [0.29, 0.717) is 42.7 Å². The van der Waals surface area contributed by atoms with Gasteiger partial charge in [-0.3, -0.25) is 9.59 Å². The van der Waals surface area contributed by atoms with Crippen LogP contribution in [0.25, 0.3) is 0 Å². The van der Waals surface area contributed by atoms with Gasteiger partial charge in [-0.25, -0.2) is 0 Å². The second-order valence-corrected chi connectivity index (χ2v) is 9.11. The van der Waals surface area contributed by atoms with Crippen LogP contribution in [0.15, 0.2) is 46.2 Å². The molecule has 2 N–H and O–H groups in total. The van der Waals surface area contributed by atoms with Gasteiger partial charge in [0.2, 0.25) is 0 Å². The summed E-state index contributed by atoms with van der Waals surface area (Å²) >= 11 is 0. The summed E-state index contributed by atoms with van der Waals surface area (Å²) in [6.07, 6.45) is 2.27. The molecule has 30 heavy (non-hydrogen) atoms. The van der Waals surface area contributed by atoms with E-state index in [2.05, 4.69) is 5.16 Å². The highest BCUT2D eigenvalue weighted by atomic mass is 16.5. The number of Topliss-reactive ketones (excluding diaryl/α,β-unsaturated/α-hetero) is 2. The summed E-state index contributed by atoms with van der Waals surface area (Å²) in [6.45, 7) is 4.05. The quantitative estimate of drug-likeness (QED) is 0.698. The van der Waals surface area contributed by atoms with Crippen molar-refractivity contribution >= 4 is 17.3 Å². The molecule has 2 aliphatic carbocycles. The number of aryl methyl sites for hydroxylation is 1. The van der Waals surface area contributed by atoms with Gasteiger partial charge in [0.1, 0.15) is 11.5 Å². The molecule has 0 aliphatic heterocycles. The van der Waals surface area contributed by atoms with Gasteiger partial charge in [-0.15, -0.1) is 0 Å². The van der Waals surface area contributed by atoms with Crippen molar-refractivity contribution in [1.82, 2.24) is 5.16 Å². The molecule has 0 radical (unpaired) electrons. The summed E-state index contributed by atoms with van der Waals surface area (Å²) in [7, 11) is 0. The fourth-order valence-corrected chi connectivity index (χ4v) is 4.56. The highest BCUT2D eigenvalue weighted by Crippen LogP contribution is 2.37. The van der Waals surface area contributed by atoms with Crippen molar-refractivity contribution < 1.29 is 19.2 Å². The van der Waals surface area contributed by atoms with E-state index in [9.17, 15) is 14.7 Å². The second-order valence-electron chi connectivity index (χ2n) is 9.11. The Labute approximate surface area is 175 Å². The predicted molar refractivity (Wildman–Crippen MR) is 112 cm³/mol. The zero-order valence-electron chi connectivity index (χ0n) is 17.3. The number of aliphatic hydroxyl groups is 1. The van der Waals surface area contributed by atoms with Gasteiger partial charge in [0.05, 0.1) is 16.8 Å². The van der Waals surface area contributed by atoms with Crippen LogP contribution in [-0.2, 0) is 17.6 Å². The molecule has 156 valence electrons. The Balaban J connectivity index is 1.47. The molecule has 2 aromatic rings. The van der Waals surface area contributed by atoms with Crippen LogP contribution < -0.4 is 0 Å². The average molecular weight is 406 g/mol. The maximum absolute atomic E-state index is 12.7. The Bertz CT molecular complexity index is 1050. The minimum Gasteiger partial charge on any atom is -0.511 e. The molecule has 1 aromatic heterocycles. The number of nitrogens with zero attached hydrogens (tertiary/aromatic N) is 1. The van der Waals surface area contributed by atoms with E-state index in [0.717, 1.165) is 5.56 Å². The predicted octanol–water partition coefficient (Wildman–Crippen LogP) is 4.74. The molecule has 1 atom stereocenters. The normalized spacial score (nSPS) is 20.9. The Morgan fingerprint density at radius 2 is 1.90 bits per heavy atom. The van der Waals surface area contributed by atoms with Crippen LogP contribution in [-0.4, -0.2) is 27.5 Å². The molecule has 1 unspecified atom stereocenters. The number of ketones is 2. The summed E-state index contributed by atoms with van der Waals surface area (Å²) < 4.78 is 5.41. The van der Waals surface area contributed by atoms with E-state index in [1.165, 1.54) is 0 Å². The van der Waals surface area contributed by atoms with Gasteiger partial charge >= 0.3 is 0 Å². The summed E-state index contributed by atoms with van der Waals surface area (Å²) in [4.78, 5) is 25.2. The smallest absolute Gasteiger partial charge is 0.168 e. The van der Waals surface area contributed by atoms with E-state index in [1.807, 2.05) is 44.2 Å². The third-order valence-corrected chi connectivity index (χ3v) is 6.01. The fourth-order valence-electron chi connectivity index (χ4n) is 4.56. The molecular formula is C24H26N2O4. The number of rotatable bonds is 5. The third-order valence-electron chi connectivity index (χ3n) is 6.01. The number of allylic oxidation sites excluding steroid dienone is 2. The molecule has 0 amide bonds. The number of hydrogen-bond donors (Lipinski definition) is 2. The van der Waals surface area contributed by atoms with Gasteiger partial charge in [0.15, 0.2) is 11.6 Å². The average Bonchev–Trinajstić information content (AvgIpc) is 3.08. The lowest BCUT2D eigenvalue weighted by molar-refractivity contribution is -0.116. The van der Waals surface area contributed by atoms with Crippen molar-refractivity contribution in [2.45, 2.75) is 58.3 Å². The van der Waals surface area contributed by atoms with Crippen molar-refractivity contribution in [2.24, 2.45) is 5.41 Å². The first-order valence-electron chi connectivity index (χ1n) is 10.3. The van der Waals surface area contributed by atoms with E-state index in [-0.39, 0.29) is 52.8 Å². The monoisotopic (exact) mass is 406 g/mol. The maximum atomic E-state index is 12.7. The van der Waals surface area contributed by atoms with Crippen molar-refractivity contribution in [1.29, 1.82) is 5.41 Å². The molecule has 6 nitrogen and oxygen atoms in total. The highest BCUT2D eigenvalue weighted by molar-refractivity contribution is 6.22. The SMILES string of the molecule is CC1(C)CC(=O)c2c(CCC(=N)C3=C(O)CC(c4ccccc4)CC3=O)noc2C1. The van der Waals surface area contributed by atoms with Crippen LogP contribution in [0.2, 0.25) is 0 Å². The van der Waals surface area contributed by atoms with Crippen LogP contribution in [0, 0.1) is 10.8 Å². The lowest BCUT2D eigenvalue weighted by Crippen LogP contribution is -2.27. The number of fused-ring (bicyclic) bond motifs is 1. The number of hydrogen-bond acceptors (Lipinski definition) is 6. The molecule has 0 fully saturated rings. The zero-order chi connectivity index (χ0) is 21.5. The molecular weight excluding hydrogens is 380 g/mol. The number of aliphatic hydroxyl groups excluding tert-OH is 1. The summed E-state index contributed by atoms with van der Waals surface area (Å²) in [5.41, 5.74) is 2.16. The van der Waals surface area contributed by atoms with E-state index in [4.69, 9.17) is 9.93 Å². The van der Waals surface area contributed by atoms with Gasteiger partial charge < -0.3 is 15.0 Å². The van der Waals surface area contributed by atoms with Gasteiger partial charge in [-0.05, 0) is 29.7 Å². The fraction of sp³-hybridized carbons (Fsp3) is 0.417. The van der Waals surface area contributed by atoms with Crippen LogP contribution in [0.3, 0.4) is 0 Å². The van der Waals surface area contributed by atoms with Crippen LogP contribution in [0.1, 0.15) is 72.8 Å². The maximum Gasteiger partial charge on any atom is 0.168 e. The zero-order valence-corrected chi connectivity index (χ0v) is 17.3. The van der Waals surface area contributed by atoms with Crippen molar-refractivity contribution in [3.63, 3.8) is 0 Å². The number of benzene rings is 1. The first-order chi connectivity index (χ1) is 14.2. The van der Waals surface area contributed by atoms with Gasteiger partial charge in [0, 0.05) is 31.4 Å². The summed E-state index contributed by atoms with van der Waals surface area (Å²) in [5.74, 6) is 0.325. The molecule has 1 aromatic carbocycles. The van der Waals surface area contributed by atoms with E-state index in [1.54, 1.807) is 0 Å². The Morgan fingerprint density at radius 3 is 2.60 bits per heavy atom. The molecule has 0 bridgehead atoms. The molecule has 0 saturated heterocycles. The first kappa shape index (κ1) is 20.3. The minimum atomic E-state index is -0.211. The molecule has 2 aliphatic rings. The Morgan fingerprint density at radius 1 is 1.17 bits per heavy atom. The van der Waals surface area contributed by atoms with Crippen LogP contribution in [0.5, 0.6) is 0 Å². The standard InChI is InChI=1S/C24H26N2O4/c1-24(2)12-20(29)23-17(26-30-21(23)13-24)9-8-16(25)22-18(27)10-15(11-19(22)28)14-6-4-3-5-7-14/h3-7,15,25,27H,8-13H2,1-2H3. The van der Waals surface area contributed by atoms with Gasteiger partial charge in [0.25, 0.3) is 0 Å². The number of carbonyl (C=O) groups excluding carboxylic acids is 2. The minimum absolute atomic E-state index is 0.0190. The topological polar surface area (TPSA) is 104 Å². The molecule has 0 spiro atoms. The van der Waals surface area contributed by atoms with Crippen LogP contribution >= 0.6 is 0 Å². The Kier molecular flexibility index (Phi) is 5.18. The molecule has 4 rings (SSSR count).